The molecule has 0 radical (unpaired) electrons. The highest BCUT2D eigenvalue weighted by Crippen LogP contribution is 2.14. The number of rotatable bonds is 7. The molecule has 0 atom stereocenters. The second-order valence-corrected chi connectivity index (χ2v) is 6.98. The highest BCUT2D eigenvalue weighted by Gasteiger charge is 2.10. The first-order chi connectivity index (χ1) is 13.2. The van der Waals surface area contributed by atoms with Crippen molar-refractivity contribution in [2.24, 2.45) is 0 Å². The molecule has 0 bridgehead atoms. The molecule has 0 spiro atoms. The molecule has 2 aromatic rings. The summed E-state index contributed by atoms with van der Waals surface area (Å²) in [5.41, 5.74) is 3.42. The second-order valence-electron chi connectivity index (χ2n) is 6.98. The van der Waals surface area contributed by atoms with Crippen LogP contribution in [-0.2, 0) is 17.9 Å². The molecule has 27 heavy (non-hydrogen) atoms. The molecule has 0 aliphatic carbocycles. The van der Waals surface area contributed by atoms with Crippen molar-refractivity contribution in [1.29, 1.82) is 0 Å². The van der Waals surface area contributed by atoms with Crippen LogP contribution in [0.15, 0.2) is 54.6 Å². The first kappa shape index (κ1) is 19.2. The van der Waals surface area contributed by atoms with Gasteiger partial charge in [-0.15, -0.1) is 0 Å². The molecule has 0 saturated carbocycles. The maximum Gasteiger partial charge on any atom is 0.244 e. The smallest absolute Gasteiger partial charge is 0.244 e. The number of hydrogen-bond acceptors (Lipinski definition) is 3. The molecule has 1 N–H and O–H groups in total. The van der Waals surface area contributed by atoms with Gasteiger partial charge in [0.2, 0.25) is 5.91 Å². The summed E-state index contributed by atoms with van der Waals surface area (Å²) in [7, 11) is 1.64. The summed E-state index contributed by atoms with van der Waals surface area (Å²) in [6, 6.07) is 16.1. The fraction of sp³-hybridized carbons (Fsp3) is 0.348. The van der Waals surface area contributed by atoms with Crippen molar-refractivity contribution in [2.75, 3.05) is 20.2 Å². The quantitative estimate of drug-likeness (QED) is 0.755. The maximum atomic E-state index is 12.1. The fourth-order valence-electron chi connectivity index (χ4n) is 3.35. The van der Waals surface area contributed by atoms with Crippen LogP contribution in [0.5, 0.6) is 5.75 Å². The number of nitrogens with zero attached hydrogens (tertiary/aromatic N) is 1. The Morgan fingerprint density at radius 1 is 1.07 bits per heavy atom. The molecule has 142 valence electrons. The maximum absolute atomic E-state index is 12.1. The van der Waals surface area contributed by atoms with Gasteiger partial charge >= 0.3 is 0 Å². The number of carbonyl (C=O) groups excluding carboxylic acids is 1. The van der Waals surface area contributed by atoms with Gasteiger partial charge in [0.15, 0.2) is 0 Å². The zero-order valence-corrected chi connectivity index (χ0v) is 16.0. The Bertz CT molecular complexity index is 762. The van der Waals surface area contributed by atoms with E-state index in [1.807, 2.05) is 30.3 Å². The van der Waals surface area contributed by atoms with Gasteiger partial charge in [0.25, 0.3) is 0 Å². The van der Waals surface area contributed by atoms with E-state index in [4.69, 9.17) is 4.74 Å². The van der Waals surface area contributed by atoms with Crippen molar-refractivity contribution in [1.82, 2.24) is 10.2 Å². The molecule has 1 fully saturated rings. The van der Waals surface area contributed by atoms with Crippen molar-refractivity contribution >= 4 is 12.0 Å². The lowest BCUT2D eigenvalue weighted by Gasteiger charge is -2.26. The van der Waals surface area contributed by atoms with Crippen LogP contribution in [0.25, 0.3) is 6.08 Å². The van der Waals surface area contributed by atoms with Gasteiger partial charge in [-0.3, -0.25) is 9.69 Å². The first-order valence-electron chi connectivity index (χ1n) is 9.63. The Kier molecular flexibility index (Phi) is 7.05. The van der Waals surface area contributed by atoms with E-state index >= 15 is 0 Å². The number of carbonyl (C=O) groups is 1. The lowest BCUT2D eigenvalue weighted by atomic mass is 10.1. The van der Waals surface area contributed by atoms with Gasteiger partial charge in [-0.1, -0.05) is 42.8 Å². The summed E-state index contributed by atoms with van der Waals surface area (Å²) >= 11 is 0. The highest BCUT2D eigenvalue weighted by atomic mass is 16.5. The third kappa shape index (κ3) is 6.26. The lowest BCUT2D eigenvalue weighted by Crippen LogP contribution is -2.29. The van der Waals surface area contributed by atoms with E-state index in [1.165, 1.54) is 37.9 Å². The normalized spacial score (nSPS) is 15.0. The third-order valence-corrected chi connectivity index (χ3v) is 4.86. The monoisotopic (exact) mass is 364 g/mol. The SMILES string of the molecule is COc1ccc(/C=C/C(=O)NCc2cccc(CN3CCCCC3)c2)cc1. The van der Waals surface area contributed by atoms with Gasteiger partial charge in [-0.05, 0) is 60.8 Å². The van der Waals surface area contributed by atoms with E-state index in [1.54, 1.807) is 13.2 Å². The average molecular weight is 364 g/mol. The Labute approximate surface area is 161 Å². The Balaban J connectivity index is 1.49. The van der Waals surface area contributed by atoms with Crippen LogP contribution in [0.3, 0.4) is 0 Å². The first-order valence-corrected chi connectivity index (χ1v) is 9.63. The van der Waals surface area contributed by atoms with Crippen molar-refractivity contribution in [3.63, 3.8) is 0 Å². The molecule has 2 aromatic carbocycles. The molecule has 1 amide bonds. The number of methoxy groups -OCH3 is 1. The van der Waals surface area contributed by atoms with Crippen LogP contribution in [0.2, 0.25) is 0 Å². The van der Waals surface area contributed by atoms with Crippen LogP contribution >= 0.6 is 0 Å². The van der Waals surface area contributed by atoms with Crippen molar-refractivity contribution in [2.45, 2.75) is 32.4 Å². The van der Waals surface area contributed by atoms with Crippen molar-refractivity contribution < 1.29 is 9.53 Å². The molecule has 1 aliphatic rings. The summed E-state index contributed by atoms with van der Waals surface area (Å²) < 4.78 is 5.13. The minimum Gasteiger partial charge on any atom is -0.497 e. The van der Waals surface area contributed by atoms with Crippen LogP contribution < -0.4 is 10.1 Å². The number of nitrogens with one attached hydrogen (secondary N) is 1. The number of benzene rings is 2. The zero-order valence-electron chi connectivity index (χ0n) is 16.0. The largest absolute Gasteiger partial charge is 0.497 e. The summed E-state index contributed by atoms with van der Waals surface area (Å²) in [5.74, 6) is 0.716. The summed E-state index contributed by atoms with van der Waals surface area (Å²) in [5, 5.41) is 2.96. The number of likely N-dealkylation sites (tertiary alicyclic amines) is 1. The fourth-order valence-corrected chi connectivity index (χ4v) is 3.35. The van der Waals surface area contributed by atoms with Crippen LogP contribution in [0.1, 0.15) is 36.0 Å². The standard InChI is InChI=1S/C23H28N2O2/c1-27-22-11-8-19(9-12-22)10-13-23(26)24-17-20-6-5-7-21(16-20)18-25-14-3-2-4-15-25/h5-13,16H,2-4,14-15,17-18H2,1H3,(H,24,26)/b13-10+. The van der Waals surface area contributed by atoms with E-state index in [2.05, 4.69) is 34.5 Å². The minimum absolute atomic E-state index is 0.0905. The molecule has 1 heterocycles. The Hall–Kier alpha value is -2.59. The molecule has 1 aliphatic heterocycles. The van der Waals surface area contributed by atoms with E-state index in [0.717, 1.165) is 23.4 Å². The van der Waals surface area contributed by atoms with Gasteiger partial charge in [0.1, 0.15) is 5.75 Å². The van der Waals surface area contributed by atoms with E-state index < -0.39 is 0 Å². The summed E-state index contributed by atoms with van der Waals surface area (Å²) in [6.07, 6.45) is 7.33. The van der Waals surface area contributed by atoms with Crippen LogP contribution in [-0.4, -0.2) is 31.0 Å². The van der Waals surface area contributed by atoms with Crippen LogP contribution in [0.4, 0.5) is 0 Å². The molecule has 1 saturated heterocycles. The number of ether oxygens (including phenoxy) is 1. The molecule has 3 rings (SSSR count). The van der Waals surface area contributed by atoms with Gasteiger partial charge in [0, 0.05) is 19.2 Å². The predicted molar refractivity (Wildman–Crippen MR) is 109 cm³/mol. The zero-order chi connectivity index (χ0) is 18.9. The minimum atomic E-state index is -0.0905. The number of amides is 1. The highest BCUT2D eigenvalue weighted by molar-refractivity contribution is 5.91. The molecule has 4 heteroatoms. The molecule has 4 nitrogen and oxygen atoms in total. The van der Waals surface area contributed by atoms with Gasteiger partial charge in [-0.25, -0.2) is 0 Å². The third-order valence-electron chi connectivity index (χ3n) is 4.86. The predicted octanol–water partition coefficient (Wildman–Crippen LogP) is 4.01. The average Bonchev–Trinajstić information content (AvgIpc) is 2.72. The Morgan fingerprint density at radius 2 is 1.81 bits per heavy atom. The van der Waals surface area contributed by atoms with Gasteiger partial charge in [-0.2, -0.15) is 0 Å². The lowest BCUT2D eigenvalue weighted by molar-refractivity contribution is -0.116. The summed E-state index contributed by atoms with van der Waals surface area (Å²) in [6.45, 7) is 3.92. The molecule has 0 aromatic heterocycles. The Morgan fingerprint density at radius 3 is 2.56 bits per heavy atom. The van der Waals surface area contributed by atoms with Crippen molar-refractivity contribution in [3.8, 4) is 5.75 Å². The number of piperidine rings is 1. The van der Waals surface area contributed by atoms with E-state index in [0.29, 0.717) is 6.54 Å². The number of hydrogen-bond donors (Lipinski definition) is 1. The van der Waals surface area contributed by atoms with E-state index in [-0.39, 0.29) is 5.91 Å². The van der Waals surface area contributed by atoms with E-state index in [9.17, 15) is 4.79 Å². The van der Waals surface area contributed by atoms with Crippen LogP contribution in [0, 0.1) is 0 Å². The van der Waals surface area contributed by atoms with Gasteiger partial charge in [0.05, 0.1) is 7.11 Å². The van der Waals surface area contributed by atoms with Gasteiger partial charge < -0.3 is 10.1 Å². The molecular formula is C23H28N2O2. The molecular weight excluding hydrogens is 336 g/mol. The summed E-state index contributed by atoms with van der Waals surface area (Å²) in [4.78, 5) is 14.6. The molecule has 0 unspecified atom stereocenters. The second kappa shape index (κ2) is 9.93. The van der Waals surface area contributed by atoms with Crippen molar-refractivity contribution in [3.05, 3.63) is 71.3 Å². The topological polar surface area (TPSA) is 41.6 Å².